The number of carbonyl (C=O) groups is 1. The molecule has 2 aromatic rings. The number of benzene rings is 2. The minimum Gasteiger partial charge on any atom is -0.497 e. The summed E-state index contributed by atoms with van der Waals surface area (Å²) < 4.78 is 65.1. The van der Waals surface area contributed by atoms with Crippen LogP contribution < -0.4 is 14.2 Å². The number of fused-ring (bicyclic) bond motifs is 1. The van der Waals surface area contributed by atoms with Gasteiger partial charge in [0.15, 0.2) is 0 Å². The van der Waals surface area contributed by atoms with E-state index in [0.717, 1.165) is 6.26 Å². The second-order valence-corrected chi connectivity index (χ2v) is 13.3. The zero-order chi connectivity index (χ0) is 28.3. The highest BCUT2D eigenvalue weighted by molar-refractivity contribution is 7.92. The monoisotopic (exact) mass is 569 g/mol. The van der Waals surface area contributed by atoms with E-state index >= 15 is 0 Å². The van der Waals surface area contributed by atoms with Crippen molar-refractivity contribution in [2.45, 2.75) is 37.3 Å². The van der Waals surface area contributed by atoms with E-state index in [9.17, 15) is 26.7 Å². The molecule has 38 heavy (non-hydrogen) atoms. The Morgan fingerprint density at radius 2 is 1.84 bits per heavy atom. The molecule has 11 nitrogen and oxygen atoms in total. The molecule has 1 aliphatic rings. The van der Waals surface area contributed by atoms with E-state index in [-0.39, 0.29) is 48.5 Å². The smallest absolute Gasteiger partial charge is 0.242 e. The molecule has 0 spiro atoms. The van der Waals surface area contributed by atoms with Crippen LogP contribution in [0.2, 0.25) is 0 Å². The van der Waals surface area contributed by atoms with Crippen LogP contribution in [-0.4, -0.2) is 89.3 Å². The molecule has 1 amide bonds. The van der Waals surface area contributed by atoms with Gasteiger partial charge in [-0.25, -0.2) is 16.8 Å². The first-order chi connectivity index (χ1) is 17.7. The zero-order valence-corrected chi connectivity index (χ0v) is 23.8. The van der Waals surface area contributed by atoms with Crippen molar-refractivity contribution in [2.24, 2.45) is 5.92 Å². The van der Waals surface area contributed by atoms with Crippen LogP contribution in [0, 0.1) is 5.92 Å². The normalized spacial score (nSPS) is 19.6. The third-order valence-corrected chi connectivity index (χ3v) is 8.87. The van der Waals surface area contributed by atoms with Gasteiger partial charge in [0, 0.05) is 30.8 Å². The molecule has 1 heterocycles. The quantitative estimate of drug-likeness (QED) is 0.463. The lowest BCUT2D eigenvalue weighted by Gasteiger charge is -2.33. The summed E-state index contributed by atoms with van der Waals surface area (Å²) >= 11 is 0. The molecule has 0 bridgehead atoms. The maximum atomic E-state index is 13.3. The van der Waals surface area contributed by atoms with Crippen molar-refractivity contribution >= 4 is 31.6 Å². The molecular formula is C25H35N3O8S2. The van der Waals surface area contributed by atoms with Crippen LogP contribution >= 0.6 is 0 Å². The van der Waals surface area contributed by atoms with E-state index in [1.807, 2.05) is 6.92 Å². The van der Waals surface area contributed by atoms with Gasteiger partial charge in [0.1, 0.15) is 17.6 Å². The Labute approximate surface area is 224 Å². The molecule has 0 aromatic heterocycles. The van der Waals surface area contributed by atoms with Crippen molar-refractivity contribution in [3.05, 3.63) is 48.0 Å². The first kappa shape index (κ1) is 29.7. The van der Waals surface area contributed by atoms with Crippen LogP contribution in [0.4, 0.5) is 5.69 Å². The highest BCUT2D eigenvalue weighted by Crippen LogP contribution is 2.30. The number of anilines is 1. The Hall–Kier alpha value is -2.87. The Morgan fingerprint density at radius 1 is 1.18 bits per heavy atom. The van der Waals surface area contributed by atoms with Crippen LogP contribution in [0.15, 0.2) is 47.4 Å². The minimum absolute atomic E-state index is 0.0200. The van der Waals surface area contributed by atoms with Crippen molar-refractivity contribution in [3.63, 3.8) is 0 Å². The standard InChI is InChI=1S/C25H35N3O8S2/c1-17-14-28(18(2)16-29)25(30)13-19-12-20(26-37(5,31)32)6-11-23(19)36-24(17)15-27(3)38(33,34)22-9-7-21(35-4)8-10-22/h6-12,17-18,24,26,29H,13-16H2,1-5H3/t17-,18+,24+/m1/s1. The van der Waals surface area contributed by atoms with Gasteiger partial charge >= 0.3 is 0 Å². The summed E-state index contributed by atoms with van der Waals surface area (Å²) in [6.45, 7) is 3.53. The number of hydrogen-bond donors (Lipinski definition) is 2. The molecule has 0 aliphatic carbocycles. The van der Waals surface area contributed by atoms with Crippen LogP contribution in [-0.2, 0) is 31.3 Å². The fourth-order valence-corrected chi connectivity index (χ4v) is 5.94. The largest absolute Gasteiger partial charge is 0.497 e. The fraction of sp³-hybridized carbons (Fsp3) is 0.480. The Kier molecular flexibility index (Phi) is 9.29. The second-order valence-electron chi connectivity index (χ2n) is 9.55. The molecule has 3 rings (SSSR count). The molecule has 0 saturated carbocycles. The van der Waals surface area contributed by atoms with E-state index in [1.54, 1.807) is 30.0 Å². The lowest BCUT2D eigenvalue weighted by Crippen LogP contribution is -2.48. The molecule has 0 radical (unpaired) electrons. The predicted molar refractivity (Wildman–Crippen MR) is 143 cm³/mol. The van der Waals surface area contributed by atoms with Gasteiger partial charge in [-0.3, -0.25) is 9.52 Å². The molecule has 0 unspecified atom stereocenters. The van der Waals surface area contributed by atoms with E-state index in [4.69, 9.17) is 9.47 Å². The molecule has 13 heteroatoms. The van der Waals surface area contributed by atoms with Crippen LogP contribution in [0.3, 0.4) is 0 Å². The summed E-state index contributed by atoms with van der Waals surface area (Å²) in [4.78, 5) is 14.9. The number of sulfonamides is 2. The maximum Gasteiger partial charge on any atom is 0.242 e. The van der Waals surface area contributed by atoms with Crippen LogP contribution in [0.1, 0.15) is 19.4 Å². The Morgan fingerprint density at radius 3 is 2.42 bits per heavy atom. The van der Waals surface area contributed by atoms with Gasteiger partial charge in [0.05, 0.1) is 43.9 Å². The molecule has 0 fully saturated rings. The summed E-state index contributed by atoms with van der Waals surface area (Å²) in [6, 6.07) is 10.2. The molecular weight excluding hydrogens is 534 g/mol. The van der Waals surface area contributed by atoms with Gasteiger partial charge in [-0.2, -0.15) is 4.31 Å². The van der Waals surface area contributed by atoms with E-state index < -0.39 is 32.2 Å². The summed E-state index contributed by atoms with van der Waals surface area (Å²) in [5, 5.41) is 9.77. The summed E-state index contributed by atoms with van der Waals surface area (Å²) in [7, 11) is -4.46. The number of nitrogens with one attached hydrogen (secondary N) is 1. The number of hydrogen-bond acceptors (Lipinski definition) is 8. The average Bonchev–Trinajstić information content (AvgIpc) is 2.90. The molecule has 2 aromatic carbocycles. The van der Waals surface area contributed by atoms with Crippen molar-refractivity contribution in [1.29, 1.82) is 0 Å². The SMILES string of the molecule is COc1ccc(S(=O)(=O)N(C)C[C@@H]2Oc3ccc(NS(C)(=O)=O)cc3CC(=O)N([C@@H](C)CO)C[C@H]2C)cc1. The first-order valence-corrected chi connectivity index (χ1v) is 15.4. The topological polar surface area (TPSA) is 143 Å². The summed E-state index contributed by atoms with van der Waals surface area (Å²) in [5.41, 5.74) is 0.714. The fourth-order valence-electron chi connectivity index (χ4n) is 4.20. The summed E-state index contributed by atoms with van der Waals surface area (Å²) in [5.74, 6) is 0.299. The predicted octanol–water partition coefficient (Wildman–Crippen LogP) is 1.54. The number of amides is 1. The molecule has 2 N–H and O–H groups in total. The average molecular weight is 570 g/mol. The van der Waals surface area contributed by atoms with Gasteiger partial charge < -0.3 is 19.5 Å². The molecule has 0 saturated heterocycles. The number of carbonyl (C=O) groups excluding carboxylic acids is 1. The molecule has 3 atom stereocenters. The number of ether oxygens (including phenoxy) is 2. The first-order valence-electron chi connectivity index (χ1n) is 12.0. The van der Waals surface area contributed by atoms with Gasteiger partial charge in [-0.15, -0.1) is 0 Å². The van der Waals surface area contributed by atoms with E-state index in [2.05, 4.69) is 4.72 Å². The lowest BCUT2D eigenvalue weighted by molar-refractivity contribution is -0.134. The maximum absolute atomic E-state index is 13.3. The summed E-state index contributed by atoms with van der Waals surface area (Å²) in [6.07, 6.45) is 0.274. The Bertz CT molecular complexity index is 1350. The van der Waals surface area contributed by atoms with Gasteiger partial charge in [-0.1, -0.05) is 6.92 Å². The number of methoxy groups -OCH3 is 1. The van der Waals surface area contributed by atoms with Crippen LogP contribution in [0.5, 0.6) is 11.5 Å². The third-order valence-electron chi connectivity index (χ3n) is 6.42. The second kappa shape index (κ2) is 11.9. The number of likely N-dealkylation sites (N-methyl/N-ethyl adjacent to an activating group) is 1. The number of aliphatic hydroxyl groups excluding tert-OH is 1. The highest BCUT2D eigenvalue weighted by atomic mass is 32.2. The van der Waals surface area contributed by atoms with Crippen molar-refractivity contribution in [3.8, 4) is 11.5 Å². The van der Waals surface area contributed by atoms with Crippen LogP contribution in [0.25, 0.3) is 0 Å². The van der Waals surface area contributed by atoms with Crippen molar-refractivity contribution in [1.82, 2.24) is 9.21 Å². The number of nitrogens with zero attached hydrogens (tertiary/aromatic N) is 2. The van der Waals surface area contributed by atoms with E-state index in [1.165, 1.54) is 42.7 Å². The van der Waals surface area contributed by atoms with Crippen molar-refractivity contribution < 1.29 is 36.2 Å². The lowest BCUT2D eigenvalue weighted by atomic mass is 10.0. The third kappa shape index (κ3) is 7.16. The number of rotatable bonds is 9. The Balaban J connectivity index is 1.98. The molecule has 1 aliphatic heterocycles. The minimum atomic E-state index is -3.87. The zero-order valence-electron chi connectivity index (χ0n) is 22.1. The number of aliphatic hydroxyl groups is 1. The van der Waals surface area contributed by atoms with Gasteiger partial charge in [0.25, 0.3) is 0 Å². The highest BCUT2D eigenvalue weighted by Gasteiger charge is 2.33. The van der Waals surface area contributed by atoms with E-state index in [0.29, 0.717) is 17.1 Å². The van der Waals surface area contributed by atoms with Crippen molar-refractivity contribution in [2.75, 3.05) is 44.8 Å². The van der Waals surface area contributed by atoms with Gasteiger partial charge in [-0.05, 0) is 49.4 Å². The molecule has 210 valence electrons. The van der Waals surface area contributed by atoms with Gasteiger partial charge in [0.2, 0.25) is 26.0 Å².